The van der Waals surface area contributed by atoms with E-state index in [1.54, 1.807) is 6.07 Å². The summed E-state index contributed by atoms with van der Waals surface area (Å²) in [4.78, 5) is 11.7. The summed E-state index contributed by atoms with van der Waals surface area (Å²) in [6, 6.07) is 4.41. The lowest BCUT2D eigenvalue weighted by Crippen LogP contribution is -2.27. The van der Waals surface area contributed by atoms with Crippen molar-refractivity contribution in [3.63, 3.8) is 0 Å². The number of benzene rings is 1. The highest BCUT2D eigenvalue weighted by molar-refractivity contribution is 9.10. The molecule has 98 valence electrons. The molecular formula is C13H15BrFNO2. The average molecular weight is 316 g/mol. The van der Waals surface area contributed by atoms with Crippen LogP contribution in [0, 0.1) is 5.82 Å². The first-order chi connectivity index (χ1) is 8.66. The summed E-state index contributed by atoms with van der Waals surface area (Å²) >= 11 is 3.15. The van der Waals surface area contributed by atoms with Crippen LogP contribution in [0.5, 0.6) is 0 Å². The van der Waals surface area contributed by atoms with Gasteiger partial charge in [-0.3, -0.25) is 4.79 Å². The maximum atomic E-state index is 13.5. The van der Waals surface area contributed by atoms with Gasteiger partial charge in [0.2, 0.25) is 0 Å². The smallest absolute Gasteiger partial charge is 0.254 e. The first-order valence-electron chi connectivity index (χ1n) is 6.01. The molecule has 18 heavy (non-hydrogen) atoms. The molecule has 1 amide bonds. The summed E-state index contributed by atoms with van der Waals surface area (Å²) in [6.45, 7) is 1.32. The predicted octanol–water partition coefficient (Wildman–Crippen LogP) is 2.89. The van der Waals surface area contributed by atoms with Crippen LogP contribution in [-0.2, 0) is 4.74 Å². The van der Waals surface area contributed by atoms with Gasteiger partial charge in [-0.15, -0.1) is 0 Å². The van der Waals surface area contributed by atoms with Gasteiger partial charge < -0.3 is 10.1 Å². The number of amides is 1. The van der Waals surface area contributed by atoms with Gasteiger partial charge >= 0.3 is 0 Å². The van der Waals surface area contributed by atoms with E-state index in [1.165, 1.54) is 12.1 Å². The number of hydrogen-bond acceptors (Lipinski definition) is 2. The first kappa shape index (κ1) is 13.5. The Morgan fingerprint density at radius 1 is 1.56 bits per heavy atom. The van der Waals surface area contributed by atoms with Gasteiger partial charge in [-0.25, -0.2) is 4.39 Å². The average Bonchev–Trinajstić information content (AvgIpc) is 2.81. The molecule has 0 radical (unpaired) electrons. The van der Waals surface area contributed by atoms with Crippen LogP contribution in [0.15, 0.2) is 22.7 Å². The number of hydrogen-bond donors (Lipinski definition) is 1. The zero-order valence-corrected chi connectivity index (χ0v) is 11.5. The minimum absolute atomic E-state index is 0.0746. The Kier molecular flexibility index (Phi) is 4.72. The SMILES string of the molecule is O=C(NCCC1CCCO1)c1ccc(Br)cc1F. The van der Waals surface area contributed by atoms with E-state index in [0.717, 1.165) is 25.9 Å². The van der Waals surface area contributed by atoms with E-state index in [2.05, 4.69) is 21.2 Å². The quantitative estimate of drug-likeness (QED) is 0.927. The summed E-state index contributed by atoms with van der Waals surface area (Å²) in [6.07, 6.45) is 3.15. The standard InChI is InChI=1S/C13H15BrFNO2/c14-9-3-4-11(12(15)8-9)13(17)16-6-5-10-2-1-7-18-10/h3-4,8,10H,1-2,5-7H2,(H,16,17). The molecule has 1 unspecified atom stereocenters. The zero-order valence-electron chi connectivity index (χ0n) is 9.92. The third-order valence-corrected chi connectivity index (χ3v) is 3.44. The maximum absolute atomic E-state index is 13.5. The minimum atomic E-state index is -0.515. The summed E-state index contributed by atoms with van der Waals surface area (Å²) in [7, 11) is 0. The van der Waals surface area contributed by atoms with E-state index in [-0.39, 0.29) is 17.6 Å². The predicted molar refractivity (Wildman–Crippen MR) is 70.0 cm³/mol. The van der Waals surface area contributed by atoms with Crippen LogP contribution < -0.4 is 5.32 Å². The van der Waals surface area contributed by atoms with Gasteiger partial charge in [0.1, 0.15) is 5.82 Å². The Labute approximate surface area is 114 Å². The molecule has 1 atom stereocenters. The third-order valence-electron chi connectivity index (χ3n) is 2.95. The molecule has 0 aromatic heterocycles. The summed E-state index contributed by atoms with van der Waals surface area (Å²) < 4.78 is 19.6. The van der Waals surface area contributed by atoms with Gasteiger partial charge in [0.15, 0.2) is 0 Å². The fraction of sp³-hybridized carbons (Fsp3) is 0.462. The van der Waals surface area contributed by atoms with Crippen molar-refractivity contribution >= 4 is 21.8 Å². The van der Waals surface area contributed by atoms with Crippen molar-refractivity contribution in [1.82, 2.24) is 5.32 Å². The van der Waals surface area contributed by atoms with Crippen LogP contribution in [-0.4, -0.2) is 25.2 Å². The number of carbonyl (C=O) groups is 1. The van der Waals surface area contributed by atoms with E-state index in [9.17, 15) is 9.18 Å². The lowest BCUT2D eigenvalue weighted by Gasteiger charge is -2.10. The maximum Gasteiger partial charge on any atom is 0.254 e. The largest absolute Gasteiger partial charge is 0.378 e. The normalized spacial score (nSPS) is 18.9. The second-order valence-electron chi connectivity index (χ2n) is 4.30. The fourth-order valence-electron chi connectivity index (χ4n) is 1.99. The Hall–Kier alpha value is -0.940. The van der Waals surface area contributed by atoms with Crippen molar-refractivity contribution in [3.8, 4) is 0 Å². The Morgan fingerprint density at radius 2 is 2.39 bits per heavy atom. The van der Waals surface area contributed by atoms with E-state index in [1.807, 2.05) is 0 Å². The number of nitrogens with one attached hydrogen (secondary N) is 1. The number of rotatable bonds is 4. The lowest BCUT2D eigenvalue weighted by molar-refractivity contribution is 0.0904. The molecule has 1 heterocycles. The van der Waals surface area contributed by atoms with Crippen molar-refractivity contribution in [2.24, 2.45) is 0 Å². The Morgan fingerprint density at radius 3 is 3.06 bits per heavy atom. The molecule has 0 spiro atoms. The number of halogens is 2. The molecule has 5 heteroatoms. The van der Waals surface area contributed by atoms with Crippen molar-refractivity contribution in [3.05, 3.63) is 34.1 Å². The topological polar surface area (TPSA) is 38.3 Å². The molecule has 0 aliphatic carbocycles. The molecule has 1 aromatic rings. The van der Waals surface area contributed by atoms with Crippen molar-refractivity contribution < 1.29 is 13.9 Å². The highest BCUT2D eigenvalue weighted by Crippen LogP contribution is 2.16. The van der Waals surface area contributed by atoms with E-state index in [4.69, 9.17) is 4.74 Å². The molecule has 1 aliphatic rings. The highest BCUT2D eigenvalue weighted by Gasteiger charge is 2.16. The second-order valence-corrected chi connectivity index (χ2v) is 5.22. The molecular weight excluding hydrogens is 301 g/mol. The van der Waals surface area contributed by atoms with Crippen molar-refractivity contribution in [2.45, 2.75) is 25.4 Å². The third kappa shape index (κ3) is 3.53. The van der Waals surface area contributed by atoms with E-state index >= 15 is 0 Å². The van der Waals surface area contributed by atoms with Gasteiger partial charge in [0.05, 0.1) is 11.7 Å². The minimum Gasteiger partial charge on any atom is -0.378 e. The first-order valence-corrected chi connectivity index (χ1v) is 6.81. The summed E-state index contributed by atoms with van der Waals surface area (Å²) in [5.74, 6) is -0.892. The van der Waals surface area contributed by atoms with E-state index < -0.39 is 5.82 Å². The highest BCUT2D eigenvalue weighted by atomic mass is 79.9. The summed E-state index contributed by atoms with van der Waals surface area (Å²) in [5, 5.41) is 2.71. The number of ether oxygens (including phenoxy) is 1. The van der Waals surface area contributed by atoms with Crippen LogP contribution in [0.2, 0.25) is 0 Å². The van der Waals surface area contributed by atoms with Crippen LogP contribution in [0.25, 0.3) is 0 Å². The fourth-order valence-corrected chi connectivity index (χ4v) is 2.32. The Balaban J connectivity index is 1.83. The molecule has 2 rings (SSSR count). The van der Waals surface area contributed by atoms with Gasteiger partial charge in [0.25, 0.3) is 5.91 Å². The zero-order chi connectivity index (χ0) is 13.0. The van der Waals surface area contributed by atoms with Crippen LogP contribution in [0.1, 0.15) is 29.6 Å². The molecule has 0 saturated carbocycles. The van der Waals surface area contributed by atoms with Gasteiger partial charge in [-0.05, 0) is 37.5 Å². The lowest BCUT2D eigenvalue weighted by atomic mass is 10.1. The number of carbonyl (C=O) groups excluding carboxylic acids is 1. The molecule has 1 N–H and O–H groups in total. The molecule has 1 aliphatic heterocycles. The Bertz CT molecular complexity index is 433. The van der Waals surface area contributed by atoms with Crippen LogP contribution >= 0.6 is 15.9 Å². The molecule has 0 bridgehead atoms. The van der Waals surface area contributed by atoms with Crippen LogP contribution in [0.4, 0.5) is 4.39 Å². The molecule has 1 saturated heterocycles. The van der Waals surface area contributed by atoms with Crippen molar-refractivity contribution in [2.75, 3.05) is 13.2 Å². The van der Waals surface area contributed by atoms with Crippen molar-refractivity contribution in [1.29, 1.82) is 0 Å². The van der Waals surface area contributed by atoms with Crippen LogP contribution in [0.3, 0.4) is 0 Å². The summed E-state index contributed by atoms with van der Waals surface area (Å²) in [5.41, 5.74) is 0.0746. The van der Waals surface area contributed by atoms with Gasteiger partial charge in [-0.1, -0.05) is 15.9 Å². The molecule has 3 nitrogen and oxygen atoms in total. The monoisotopic (exact) mass is 315 g/mol. The van der Waals surface area contributed by atoms with Gasteiger partial charge in [0, 0.05) is 17.6 Å². The molecule has 1 aromatic carbocycles. The van der Waals surface area contributed by atoms with Gasteiger partial charge in [-0.2, -0.15) is 0 Å². The van der Waals surface area contributed by atoms with E-state index in [0.29, 0.717) is 11.0 Å². The second kappa shape index (κ2) is 6.29. The molecule has 1 fully saturated rings.